The Morgan fingerprint density at radius 3 is 2.44 bits per heavy atom. The molecule has 2 nitrogen and oxygen atoms in total. The molecule has 0 atom stereocenters. The predicted octanol–water partition coefficient (Wildman–Crippen LogP) is 5.00. The first-order chi connectivity index (χ1) is 11.7. The maximum atomic E-state index is 13.4. The molecule has 1 heterocycles. The number of rotatable bonds is 2. The third-order valence-corrected chi connectivity index (χ3v) is 4.59. The lowest BCUT2D eigenvalue weighted by Gasteiger charge is -2.10. The van der Waals surface area contributed by atoms with Gasteiger partial charge in [-0.15, -0.1) is 0 Å². The lowest BCUT2D eigenvalue weighted by Crippen LogP contribution is -2.17. The highest BCUT2D eigenvalue weighted by molar-refractivity contribution is 8.26. The van der Waals surface area contributed by atoms with Gasteiger partial charge < -0.3 is 5.32 Å². The molecule has 1 aliphatic heterocycles. The van der Waals surface area contributed by atoms with Gasteiger partial charge in [-0.1, -0.05) is 48.2 Å². The van der Waals surface area contributed by atoms with Crippen molar-refractivity contribution in [1.29, 1.82) is 0 Å². The molecule has 1 fully saturated rings. The number of benzene rings is 2. The highest BCUT2D eigenvalue weighted by atomic mass is 32.2. The summed E-state index contributed by atoms with van der Waals surface area (Å²) in [6.45, 7) is 0. The minimum absolute atomic E-state index is 0.230. The molecule has 1 aliphatic rings. The van der Waals surface area contributed by atoms with E-state index in [-0.39, 0.29) is 11.5 Å². The van der Waals surface area contributed by atoms with E-state index in [9.17, 15) is 22.4 Å². The fourth-order valence-electron chi connectivity index (χ4n) is 2.30. The van der Waals surface area contributed by atoms with Crippen molar-refractivity contribution in [3.63, 3.8) is 0 Å². The van der Waals surface area contributed by atoms with E-state index in [2.05, 4.69) is 5.32 Å². The zero-order valence-corrected chi connectivity index (χ0v) is 14.0. The maximum Gasteiger partial charge on any atom is 0.419 e. The minimum Gasteiger partial charge on any atom is -0.307 e. The van der Waals surface area contributed by atoms with Crippen LogP contribution in [0.2, 0.25) is 0 Å². The smallest absolute Gasteiger partial charge is 0.307 e. The third-order valence-electron chi connectivity index (χ3n) is 3.43. The molecule has 1 saturated heterocycles. The van der Waals surface area contributed by atoms with Crippen LogP contribution in [0, 0.1) is 5.82 Å². The van der Waals surface area contributed by atoms with E-state index in [0.29, 0.717) is 20.4 Å². The number of carbonyl (C=O) groups is 1. The van der Waals surface area contributed by atoms with E-state index in [1.807, 2.05) is 0 Å². The number of amides is 1. The Kier molecular flexibility index (Phi) is 4.66. The Labute approximate surface area is 149 Å². The fourth-order valence-corrected chi connectivity index (χ4v) is 3.35. The summed E-state index contributed by atoms with van der Waals surface area (Å²) >= 11 is 6.01. The van der Waals surface area contributed by atoms with Gasteiger partial charge in [-0.3, -0.25) is 4.79 Å². The van der Waals surface area contributed by atoms with Crippen LogP contribution >= 0.6 is 24.0 Å². The van der Waals surface area contributed by atoms with E-state index >= 15 is 0 Å². The second kappa shape index (κ2) is 6.61. The van der Waals surface area contributed by atoms with Gasteiger partial charge in [0.25, 0.3) is 5.91 Å². The summed E-state index contributed by atoms with van der Waals surface area (Å²) in [6.07, 6.45) is -3.18. The first kappa shape index (κ1) is 17.6. The van der Waals surface area contributed by atoms with Gasteiger partial charge in [0.15, 0.2) is 0 Å². The zero-order chi connectivity index (χ0) is 18.2. The SMILES string of the molecule is O=C1NC(=S)S/C1=C\c1cccc(-c2ccc(F)c(C(F)(F)F)c2)c1. The maximum absolute atomic E-state index is 13.4. The Balaban J connectivity index is 1.99. The van der Waals surface area contributed by atoms with Crippen molar-refractivity contribution < 1.29 is 22.4 Å². The van der Waals surface area contributed by atoms with Crippen LogP contribution in [0.3, 0.4) is 0 Å². The molecule has 0 spiro atoms. The Morgan fingerprint density at radius 2 is 1.80 bits per heavy atom. The lowest BCUT2D eigenvalue weighted by molar-refractivity contribution is -0.139. The summed E-state index contributed by atoms with van der Waals surface area (Å²) in [5, 5.41) is 2.48. The molecule has 8 heteroatoms. The highest BCUT2D eigenvalue weighted by Gasteiger charge is 2.34. The van der Waals surface area contributed by atoms with Crippen LogP contribution < -0.4 is 5.32 Å². The van der Waals surface area contributed by atoms with E-state index in [1.165, 1.54) is 6.07 Å². The first-order valence-electron chi connectivity index (χ1n) is 6.96. The van der Waals surface area contributed by atoms with Gasteiger partial charge >= 0.3 is 6.18 Å². The monoisotopic (exact) mass is 383 g/mol. The zero-order valence-electron chi connectivity index (χ0n) is 12.4. The lowest BCUT2D eigenvalue weighted by atomic mass is 10.0. The number of alkyl halides is 3. The van der Waals surface area contributed by atoms with Gasteiger partial charge in [0.1, 0.15) is 10.1 Å². The summed E-state index contributed by atoms with van der Waals surface area (Å²) in [5.74, 6) is -1.64. The molecule has 2 aromatic carbocycles. The molecule has 1 amide bonds. The minimum atomic E-state index is -4.77. The van der Waals surface area contributed by atoms with Crippen LogP contribution in [0.5, 0.6) is 0 Å². The molecule has 0 saturated carbocycles. The normalized spacial score (nSPS) is 16.4. The van der Waals surface area contributed by atoms with Crippen LogP contribution in [-0.4, -0.2) is 10.2 Å². The van der Waals surface area contributed by atoms with E-state index < -0.39 is 17.6 Å². The number of thioether (sulfide) groups is 1. The molecule has 3 rings (SSSR count). The topological polar surface area (TPSA) is 29.1 Å². The molecular weight excluding hydrogens is 374 g/mol. The summed E-state index contributed by atoms with van der Waals surface area (Å²) in [7, 11) is 0. The van der Waals surface area contributed by atoms with E-state index in [1.54, 1.807) is 30.3 Å². The molecule has 0 radical (unpaired) electrons. The van der Waals surface area contributed by atoms with E-state index in [4.69, 9.17) is 12.2 Å². The Hall–Kier alpha value is -2.19. The number of nitrogens with one attached hydrogen (secondary N) is 1. The van der Waals surface area contributed by atoms with Crippen molar-refractivity contribution in [2.75, 3.05) is 0 Å². The average Bonchev–Trinajstić information content (AvgIpc) is 2.84. The van der Waals surface area contributed by atoms with Gasteiger partial charge in [-0.2, -0.15) is 13.2 Å². The number of hydrogen-bond donors (Lipinski definition) is 1. The molecule has 2 aromatic rings. The molecule has 128 valence electrons. The van der Waals surface area contributed by atoms with Gasteiger partial charge in [0.2, 0.25) is 0 Å². The summed E-state index contributed by atoms with van der Waals surface area (Å²) in [5.41, 5.74) is 0.0152. The number of carbonyl (C=O) groups excluding carboxylic acids is 1. The molecule has 0 aromatic heterocycles. The third kappa shape index (κ3) is 3.91. The molecule has 25 heavy (non-hydrogen) atoms. The molecule has 0 aliphatic carbocycles. The summed E-state index contributed by atoms with van der Waals surface area (Å²) in [6, 6.07) is 9.43. The Morgan fingerprint density at radius 1 is 1.08 bits per heavy atom. The second-order valence-electron chi connectivity index (χ2n) is 5.17. The Bertz CT molecular complexity index is 906. The molecule has 0 bridgehead atoms. The van der Waals surface area contributed by atoms with Gasteiger partial charge in [0.05, 0.1) is 10.5 Å². The van der Waals surface area contributed by atoms with Crippen molar-refractivity contribution in [2.24, 2.45) is 0 Å². The fraction of sp³-hybridized carbons (Fsp3) is 0.0588. The standard InChI is InChI=1S/C17H9F4NOS2/c18-13-5-4-11(8-12(13)17(19,20)21)10-3-1-2-9(6-10)7-14-15(23)22-16(24)25-14/h1-8H,(H,22,23,24)/b14-7-. The van der Waals surface area contributed by atoms with Crippen LogP contribution in [0.15, 0.2) is 47.4 Å². The summed E-state index contributed by atoms with van der Waals surface area (Å²) < 4.78 is 52.4. The average molecular weight is 383 g/mol. The van der Waals surface area contributed by atoms with Gasteiger partial charge in [-0.05, 0) is 41.0 Å². The van der Waals surface area contributed by atoms with Crippen LogP contribution in [0.25, 0.3) is 17.2 Å². The van der Waals surface area contributed by atoms with Gasteiger partial charge in [0, 0.05) is 0 Å². The second-order valence-corrected chi connectivity index (χ2v) is 6.89. The van der Waals surface area contributed by atoms with Crippen LogP contribution in [0.1, 0.15) is 11.1 Å². The van der Waals surface area contributed by atoms with Crippen molar-refractivity contribution in [2.45, 2.75) is 6.18 Å². The van der Waals surface area contributed by atoms with Crippen molar-refractivity contribution in [3.8, 4) is 11.1 Å². The first-order valence-corrected chi connectivity index (χ1v) is 8.18. The van der Waals surface area contributed by atoms with E-state index in [0.717, 1.165) is 23.9 Å². The van der Waals surface area contributed by atoms with Crippen LogP contribution in [0.4, 0.5) is 17.6 Å². The predicted molar refractivity (Wildman–Crippen MR) is 93.1 cm³/mol. The highest BCUT2D eigenvalue weighted by Crippen LogP contribution is 2.34. The molecular formula is C17H9F4NOS2. The number of halogens is 4. The van der Waals surface area contributed by atoms with Crippen LogP contribution in [-0.2, 0) is 11.0 Å². The largest absolute Gasteiger partial charge is 0.419 e. The van der Waals surface area contributed by atoms with Crippen molar-refractivity contribution >= 4 is 40.3 Å². The number of hydrogen-bond acceptors (Lipinski definition) is 3. The van der Waals surface area contributed by atoms with Crippen molar-refractivity contribution in [3.05, 3.63) is 64.3 Å². The van der Waals surface area contributed by atoms with Gasteiger partial charge in [-0.25, -0.2) is 4.39 Å². The van der Waals surface area contributed by atoms with Crippen molar-refractivity contribution in [1.82, 2.24) is 5.32 Å². The number of thiocarbonyl (C=S) groups is 1. The summed E-state index contributed by atoms with van der Waals surface area (Å²) in [4.78, 5) is 12.1. The quantitative estimate of drug-likeness (QED) is 0.450. The molecule has 0 unspecified atom stereocenters. The molecule has 1 N–H and O–H groups in total.